The Morgan fingerprint density at radius 3 is 2.76 bits per heavy atom. The van der Waals surface area contributed by atoms with Gasteiger partial charge in [0.25, 0.3) is 0 Å². The van der Waals surface area contributed by atoms with Gasteiger partial charge in [0.1, 0.15) is 5.69 Å². The molecule has 0 bridgehead atoms. The van der Waals surface area contributed by atoms with Crippen LogP contribution in [-0.4, -0.2) is 11.8 Å². The van der Waals surface area contributed by atoms with E-state index in [4.69, 9.17) is 21.1 Å². The van der Waals surface area contributed by atoms with Gasteiger partial charge < -0.3 is 9.47 Å². The molecule has 0 saturated heterocycles. The van der Waals surface area contributed by atoms with Gasteiger partial charge in [-0.3, -0.25) is 0 Å². The highest BCUT2D eigenvalue weighted by atomic mass is 35.5. The van der Waals surface area contributed by atoms with Crippen molar-refractivity contribution in [2.24, 2.45) is 0 Å². The molecule has 2 aromatic carbocycles. The maximum atomic E-state index is 14.5. The molecule has 0 saturated carbocycles. The summed E-state index contributed by atoms with van der Waals surface area (Å²) in [5.74, 6) is 0.693. The Kier molecular flexibility index (Phi) is 2.72. The summed E-state index contributed by atoms with van der Waals surface area (Å²) in [5, 5.41) is 0.675. The molecule has 0 N–H and O–H groups in total. The molecule has 0 spiro atoms. The summed E-state index contributed by atoms with van der Waals surface area (Å²) >= 11 is 6.13. The minimum Gasteiger partial charge on any atom is -0.454 e. The van der Waals surface area contributed by atoms with Gasteiger partial charge in [-0.25, -0.2) is 9.37 Å². The van der Waals surface area contributed by atoms with Gasteiger partial charge in [0.2, 0.25) is 6.79 Å². The van der Waals surface area contributed by atoms with Gasteiger partial charge in [0, 0.05) is 10.9 Å². The van der Waals surface area contributed by atoms with Crippen LogP contribution in [0.15, 0.2) is 42.5 Å². The van der Waals surface area contributed by atoms with Crippen LogP contribution in [0.25, 0.3) is 22.2 Å². The zero-order valence-corrected chi connectivity index (χ0v) is 11.5. The normalized spacial score (nSPS) is 12.9. The average Bonchev–Trinajstić information content (AvgIpc) is 2.98. The molecule has 0 aliphatic carbocycles. The lowest BCUT2D eigenvalue weighted by molar-refractivity contribution is 0.174. The van der Waals surface area contributed by atoms with Gasteiger partial charge in [-0.2, -0.15) is 0 Å². The molecule has 0 fully saturated rings. The number of hydrogen-bond donors (Lipinski definition) is 0. The maximum Gasteiger partial charge on any atom is 0.231 e. The molecule has 2 heterocycles. The number of ether oxygens (including phenoxy) is 2. The first-order valence-corrected chi connectivity index (χ1v) is 6.75. The van der Waals surface area contributed by atoms with Gasteiger partial charge in [-0.1, -0.05) is 29.8 Å². The third-order valence-electron chi connectivity index (χ3n) is 3.42. The highest BCUT2D eigenvalue weighted by Gasteiger charge is 2.19. The number of fused-ring (bicyclic) bond motifs is 2. The minimum absolute atomic E-state index is 0.0771. The Balaban J connectivity index is 1.96. The quantitative estimate of drug-likeness (QED) is 0.666. The smallest absolute Gasteiger partial charge is 0.231 e. The van der Waals surface area contributed by atoms with E-state index in [0.29, 0.717) is 28.0 Å². The van der Waals surface area contributed by atoms with Crippen molar-refractivity contribution in [1.82, 2.24) is 4.98 Å². The molecule has 3 nitrogen and oxygen atoms in total. The van der Waals surface area contributed by atoms with Crippen LogP contribution in [0.1, 0.15) is 0 Å². The Hall–Kier alpha value is -2.33. The highest BCUT2D eigenvalue weighted by Crippen LogP contribution is 2.38. The number of pyridine rings is 1. The van der Waals surface area contributed by atoms with Crippen LogP contribution < -0.4 is 9.47 Å². The van der Waals surface area contributed by atoms with Gasteiger partial charge in [0.05, 0.1) is 10.5 Å². The van der Waals surface area contributed by atoms with E-state index in [1.54, 1.807) is 36.4 Å². The zero-order chi connectivity index (χ0) is 14.4. The second kappa shape index (κ2) is 4.60. The van der Waals surface area contributed by atoms with Crippen LogP contribution in [-0.2, 0) is 0 Å². The molecule has 0 radical (unpaired) electrons. The van der Waals surface area contributed by atoms with Crippen molar-refractivity contribution < 1.29 is 13.9 Å². The Labute approximate surface area is 124 Å². The number of nitrogens with zero attached hydrogens (tertiary/aromatic N) is 1. The van der Waals surface area contributed by atoms with Gasteiger partial charge in [-0.05, 0) is 24.3 Å². The van der Waals surface area contributed by atoms with E-state index in [1.165, 1.54) is 0 Å². The summed E-state index contributed by atoms with van der Waals surface area (Å²) in [6, 6.07) is 12.4. The fraction of sp³-hybridized carbons (Fsp3) is 0.0625. The predicted molar refractivity (Wildman–Crippen MR) is 78.3 cm³/mol. The van der Waals surface area contributed by atoms with Crippen LogP contribution in [0.2, 0.25) is 5.02 Å². The third kappa shape index (κ3) is 1.91. The lowest BCUT2D eigenvalue weighted by Crippen LogP contribution is -1.93. The van der Waals surface area contributed by atoms with Crippen LogP contribution >= 0.6 is 11.6 Å². The van der Waals surface area contributed by atoms with E-state index in [0.717, 1.165) is 0 Å². The Morgan fingerprint density at radius 1 is 1.05 bits per heavy atom. The summed E-state index contributed by atoms with van der Waals surface area (Å²) in [7, 11) is 0. The molecule has 1 aromatic heterocycles. The summed E-state index contributed by atoms with van der Waals surface area (Å²) in [4.78, 5) is 4.38. The van der Waals surface area contributed by atoms with E-state index in [-0.39, 0.29) is 17.5 Å². The largest absolute Gasteiger partial charge is 0.454 e. The van der Waals surface area contributed by atoms with Crippen molar-refractivity contribution in [3.8, 4) is 22.8 Å². The van der Waals surface area contributed by atoms with Crippen molar-refractivity contribution >= 4 is 22.5 Å². The first kappa shape index (κ1) is 12.4. The molecule has 104 valence electrons. The third-order valence-corrected chi connectivity index (χ3v) is 3.79. The second-order valence-corrected chi connectivity index (χ2v) is 5.05. The Bertz CT molecular complexity index is 866. The van der Waals surface area contributed by atoms with E-state index < -0.39 is 5.82 Å². The highest BCUT2D eigenvalue weighted by molar-refractivity contribution is 6.35. The predicted octanol–water partition coefficient (Wildman–Crippen LogP) is 4.42. The standard InChI is InChI=1S/C16H9ClFNO2/c17-14-10-3-1-2-4-11(10)19-16(15(14)18)9-5-6-12-13(7-9)21-8-20-12/h1-7H,8H2. The number of aromatic nitrogens is 1. The molecule has 0 atom stereocenters. The summed E-state index contributed by atoms with van der Waals surface area (Å²) in [6.45, 7) is 0.174. The van der Waals surface area contributed by atoms with E-state index in [1.807, 2.05) is 6.07 Å². The summed E-state index contributed by atoms with van der Waals surface area (Å²) in [5.41, 5.74) is 1.46. The molecule has 4 rings (SSSR count). The number of halogens is 2. The molecule has 1 aliphatic heterocycles. The number of hydrogen-bond acceptors (Lipinski definition) is 3. The fourth-order valence-electron chi connectivity index (χ4n) is 2.38. The minimum atomic E-state index is -0.533. The molecular weight excluding hydrogens is 293 g/mol. The van der Waals surface area contributed by atoms with Gasteiger partial charge in [-0.15, -0.1) is 0 Å². The van der Waals surface area contributed by atoms with Crippen molar-refractivity contribution in [3.63, 3.8) is 0 Å². The molecule has 0 amide bonds. The van der Waals surface area contributed by atoms with Crippen molar-refractivity contribution in [2.45, 2.75) is 0 Å². The molecule has 3 aromatic rings. The lowest BCUT2D eigenvalue weighted by atomic mass is 10.1. The van der Waals surface area contributed by atoms with Crippen LogP contribution in [0.4, 0.5) is 4.39 Å². The molecule has 21 heavy (non-hydrogen) atoms. The lowest BCUT2D eigenvalue weighted by Gasteiger charge is -2.08. The van der Waals surface area contributed by atoms with Crippen molar-refractivity contribution in [1.29, 1.82) is 0 Å². The van der Waals surface area contributed by atoms with Gasteiger partial charge >= 0.3 is 0 Å². The molecule has 0 unspecified atom stereocenters. The summed E-state index contributed by atoms with van der Waals surface area (Å²) in [6.07, 6.45) is 0. The van der Waals surface area contributed by atoms with Gasteiger partial charge in [0.15, 0.2) is 17.3 Å². The zero-order valence-electron chi connectivity index (χ0n) is 10.8. The molecular formula is C16H9ClFNO2. The second-order valence-electron chi connectivity index (χ2n) is 4.67. The number of rotatable bonds is 1. The Morgan fingerprint density at radius 2 is 1.86 bits per heavy atom. The van der Waals surface area contributed by atoms with E-state index >= 15 is 0 Å². The molecule has 5 heteroatoms. The van der Waals surface area contributed by atoms with Crippen LogP contribution in [0, 0.1) is 5.82 Å². The monoisotopic (exact) mass is 301 g/mol. The van der Waals surface area contributed by atoms with E-state index in [2.05, 4.69) is 4.98 Å². The first-order chi connectivity index (χ1) is 10.2. The SMILES string of the molecule is Fc1c(-c2ccc3c(c2)OCO3)nc2ccccc2c1Cl. The maximum absolute atomic E-state index is 14.5. The van der Waals surface area contributed by atoms with E-state index in [9.17, 15) is 4.39 Å². The topological polar surface area (TPSA) is 31.4 Å². The van der Waals surface area contributed by atoms with Crippen LogP contribution in [0.3, 0.4) is 0 Å². The van der Waals surface area contributed by atoms with Crippen LogP contribution in [0.5, 0.6) is 11.5 Å². The molecule has 1 aliphatic rings. The summed E-state index contributed by atoms with van der Waals surface area (Å²) < 4.78 is 25.1. The number of benzene rings is 2. The first-order valence-electron chi connectivity index (χ1n) is 6.38. The number of para-hydroxylation sites is 1. The van der Waals surface area contributed by atoms with Crippen molar-refractivity contribution in [2.75, 3.05) is 6.79 Å². The average molecular weight is 302 g/mol. The van der Waals surface area contributed by atoms with Crippen molar-refractivity contribution in [3.05, 3.63) is 53.3 Å². The fourth-order valence-corrected chi connectivity index (χ4v) is 2.63.